The molecule has 2 amide bonds. The van der Waals surface area contributed by atoms with Gasteiger partial charge in [-0.3, -0.25) is 9.59 Å². The molecule has 2 rings (SSSR count). The van der Waals surface area contributed by atoms with E-state index in [9.17, 15) is 9.59 Å². The van der Waals surface area contributed by atoms with Crippen LogP contribution >= 0.6 is 0 Å². The highest BCUT2D eigenvalue weighted by atomic mass is 16.2. The van der Waals surface area contributed by atoms with Crippen LogP contribution in [0.4, 0.5) is 0 Å². The van der Waals surface area contributed by atoms with E-state index in [-0.39, 0.29) is 17.7 Å². The summed E-state index contributed by atoms with van der Waals surface area (Å²) in [5.74, 6) is -0.225. The average Bonchev–Trinajstić information content (AvgIpc) is 3.01. The highest BCUT2D eigenvalue weighted by Crippen LogP contribution is 2.29. The fourth-order valence-electron chi connectivity index (χ4n) is 2.04. The van der Waals surface area contributed by atoms with Crippen molar-refractivity contribution in [3.63, 3.8) is 0 Å². The van der Waals surface area contributed by atoms with Gasteiger partial charge in [-0.2, -0.15) is 5.26 Å². The molecule has 0 aromatic carbocycles. The molecule has 1 aliphatic heterocycles. The number of hydrogen-bond donors (Lipinski definition) is 1. The van der Waals surface area contributed by atoms with Crippen molar-refractivity contribution in [2.45, 2.75) is 31.7 Å². The Kier molecular flexibility index (Phi) is 3.09. The highest BCUT2D eigenvalue weighted by Gasteiger charge is 2.37. The zero-order valence-electron chi connectivity index (χ0n) is 9.11. The number of carbonyl (C=O) groups is 2. The zero-order chi connectivity index (χ0) is 11.5. The van der Waals surface area contributed by atoms with Crippen LogP contribution in [-0.4, -0.2) is 35.8 Å². The van der Waals surface area contributed by atoms with Gasteiger partial charge in [0.15, 0.2) is 0 Å². The Morgan fingerprint density at radius 3 is 2.81 bits per heavy atom. The van der Waals surface area contributed by atoms with Gasteiger partial charge in [0.25, 0.3) is 0 Å². The van der Waals surface area contributed by atoms with Crippen molar-refractivity contribution in [2.24, 2.45) is 5.92 Å². The van der Waals surface area contributed by atoms with E-state index in [2.05, 4.69) is 11.4 Å². The Labute approximate surface area is 94.4 Å². The topological polar surface area (TPSA) is 73.2 Å². The first kappa shape index (κ1) is 10.9. The van der Waals surface area contributed by atoms with Crippen molar-refractivity contribution < 1.29 is 9.59 Å². The van der Waals surface area contributed by atoms with E-state index < -0.39 is 0 Å². The second kappa shape index (κ2) is 4.52. The third kappa shape index (κ3) is 2.32. The van der Waals surface area contributed by atoms with Crippen LogP contribution in [0.25, 0.3) is 0 Å². The van der Waals surface area contributed by atoms with Gasteiger partial charge in [-0.15, -0.1) is 0 Å². The van der Waals surface area contributed by atoms with Gasteiger partial charge in [-0.25, -0.2) is 0 Å². The largest absolute Gasteiger partial charge is 0.355 e. The van der Waals surface area contributed by atoms with E-state index in [1.54, 1.807) is 4.90 Å². The molecule has 2 aliphatic rings. The molecule has 1 aliphatic carbocycles. The molecule has 0 bridgehead atoms. The first-order valence-electron chi connectivity index (χ1n) is 5.66. The van der Waals surface area contributed by atoms with Crippen LogP contribution < -0.4 is 5.32 Å². The van der Waals surface area contributed by atoms with Gasteiger partial charge in [0, 0.05) is 25.6 Å². The lowest BCUT2D eigenvalue weighted by atomic mass is 10.1. The van der Waals surface area contributed by atoms with Crippen LogP contribution in [-0.2, 0) is 9.59 Å². The molecule has 2 fully saturated rings. The zero-order valence-corrected chi connectivity index (χ0v) is 9.11. The average molecular weight is 221 g/mol. The van der Waals surface area contributed by atoms with E-state index in [1.165, 1.54) is 0 Å². The minimum Gasteiger partial charge on any atom is -0.355 e. The quantitative estimate of drug-likeness (QED) is 0.727. The molecule has 1 heterocycles. The normalized spacial score (nSPS) is 23.7. The fraction of sp³-hybridized carbons (Fsp3) is 0.727. The molecule has 0 spiro atoms. The smallest absolute Gasteiger partial charge is 0.228 e. The molecule has 1 unspecified atom stereocenters. The molecule has 0 radical (unpaired) electrons. The minimum absolute atomic E-state index is 0.0381. The van der Waals surface area contributed by atoms with Crippen LogP contribution in [0.2, 0.25) is 0 Å². The molecular formula is C11H15N3O2. The third-order valence-corrected chi connectivity index (χ3v) is 3.06. The first-order chi connectivity index (χ1) is 7.72. The maximum Gasteiger partial charge on any atom is 0.228 e. The van der Waals surface area contributed by atoms with Crippen molar-refractivity contribution in [1.29, 1.82) is 5.26 Å². The summed E-state index contributed by atoms with van der Waals surface area (Å²) in [7, 11) is 0. The van der Waals surface area contributed by atoms with Crippen LogP contribution in [0.1, 0.15) is 25.7 Å². The molecule has 1 atom stereocenters. The van der Waals surface area contributed by atoms with Crippen molar-refractivity contribution in [1.82, 2.24) is 10.2 Å². The van der Waals surface area contributed by atoms with Gasteiger partial charge < -0.3 is 10.2 Å². The molecule has 5 nitrogen and oxygen atoms in total. The Morgan fingerprint density at radius 2 is 2.31 bits per heavy atom. The maximum atomic E-state index is 12.1. The van der Waals surface area contributed by atoms with Gasteiger partial charge in [-0.05, 0) is 12.8 Å². The number of nitrogens with zero attached hydrogens (tertiary/aromatic N) is 2. The fourth-order valence-corrected chi connectivity index (χ4v) is 2.04. The highest BCUT2D eigenvalue weighted by molar-refractivity contribution is 5.89. The van der Waals surface area contributed by atoms with Crippen LogP contribution in [0.3, 0.4) is 0 Å². The SMILES string of the molecule is N#CCCN(C(=O)C1CNC(=O)C1)C1CC1. The Morgan fingerprint density at radius 1 is 1.56 bits per heavy atom. The van der Waals surface area contributed by atoms with Crippen LogP contribution in [0, 0.1) is 17.2 Å². The van der Waals surface area contributed by atoms with Gasteiger partial charge in [0.05, 0.1) is 18.4 Å². The summed E-state index contributed by atoms with van der Waals surface area (Å²) in [6.45, 7) is 0.956. The lowest BCUT2D eigenvalue weighted by Crippen LogP contribution is -2.39. The number of hydrogen-bond acceptors (Lipinski definition) is 3. The van der Waals surface area contributed by atoms with Crippen molar-refractivity contribution >= 4 is 11.8 Å². The molecule has 5 heteroatoms. The predicted molar refractivity (Wildman–Crippen MR) is 56.1 cm³/mol. The molecule has 86 valence electrons. The summed E-state index contributed by atoms with van der Waals surface area (Å²) < 4.78 is 0. The molecule has 1 saturated heterocycles. The predicted octanol–water partition coefficient (Wildman–Crippen LogP) is 0.0272. The monoisotopic (exact) mass is 221 g/mol. The van der Waals surface area contributed by atoms with Crippen molar-refractivity contribution in [2.75, 3.05) is 13.1 Å². The molecule has 0 aromatic heterocycles. The number of amides is 2. The summed E-state index contributed by atoms with van der Waals surface area (Å²) in [4.78, 5) is 24.9. The summed E-state index contributed by atoms with van der Waals surface area (Å²) in [6, 6.07) is 2.37. The van der Waals surface area contributed by atoms with E-state index in [0.717, 1.165) is 12.8 Å². The molecular weight excluding hydrogens is 206 g/mol. The lowest BCUT2D eigenvalue weighted by molar-refractivity contribution is -0.136. The summed E-state index contributed by atoms with van der Waals surface area (Å²) in [6.07, 6.45) is 2.74. The van der Waals surface area contributed by atoms with Gasteiger partial charge in [0.1, 0.15) is 0 Å². The van der Waals surface area contributed by atoms with Gasteiger partial charge >= 0.3 is 0 Å². The number of carbonyl (C=O) groups excluding carboxylic acids is 2. The van der Waals surface area contributed by atoms with E-state index >= 15 is 0 Å². The van der Waals surface area contributed by atoms with E-state index in [0.29, 0.717) is 32.0 Å². The second-order valence-corrected chi connectivity index (χ2v) is 4.38. The number of rotatable bonds is 4. The van der Waals surface area contributed by atoms with E-state index in [1.807, 2.05) is 0 Å². The second-order valence-electron chi connectivity index (χ2n) is 4.38. The lowest BCUT2D eigenvalue weighted by Gasteiger charge is -2.23. The Bertz CT molecular complexity index is 344. The van der Waals surface area contributed by atoms with E-state index in [4.69, 9.17) is 5.26 Å². The van der Waals surface area contributed by atoms with Gasteiger partial charge in [-0.1, -0.05) is 0 Å². The molecule has 16 heavy (non-hydrogen) atoms. The standard InChI is InChI=1S/C11H15N3O2/c12-4-1-5-14(9-2-3-9)11(16)8-6-10(15)13-7-8/h8-9H,1-3,5-7H2,(H,13,15). The summed E-state index contributed by atoms with van der Waals surface area (Å²) in [5, 5.41) is 11.2. The summed E-state index contributed by atoms with van der Waals surface area (Å²) >= 11 is 0. The molecule has 1 saturated carbocycles. The Hall–Kier alpha value is -1.57. The molecule has 1 N–H and O–H groups in total. The van der Waals surface area contributed by atoms with Crippen molar-refractivity contribution in [3.05, 3.63) is 0 Å². The maximum absolute atomic E-state index is 12.1. The number of nitrogens with one attached hydrogen (secondary N) is 1. The third-order valence-electron chi connectivity index (χ3n) is 3.06. The van der Waals surface area contributed by atoms with Crippen LogP contribution in [0.15, 0.2) is 0 Å². The minimum atomic E-state index is -0.216. The Balaban J connectivity index is 1.94. The van der Waals surface area contributed by atoms with Crippen molar-refractivity contribution in [3.8, 4) is 6.07 Å². The molecule has 0 aromatic rings. The van der Waals surface area contributed by atoms with Crippen LogP contribution in [0.5, 0.6) is 0 Å². The summed E-state index contributed by atoms with van der Waals surface area (Å²) in [5.41, 5.74) is 0. The van der Waals surface area contributed by atoms with Gasteiger partial charge in [0.2, 0.25) is 11.8 Å². The first-order valence-corrected chi connectivity index (χ1v) is 5.66. The number of nitriles is 1.